The van der Waals surface area contributed by atoms with Crippen LogP contribution in [0, 0.1) is 11.3 Å². The Bertz CT molecular complexity index is 733. The lowest BCUT2D eigenvalue weighted by Crippen LogP contribution is -2.49. The summed E-state index contributed by atoms with van der Waals surface area (Å²) >= 11 is 0. The highest BCUT2D eigenvalue weighted by molar-refractivity contribution is 6.10. The molecule has 6 heteroatoms. The number of esters is 1. The molecule has 3 aliphatic rings. The molecular weight excluding hydrogens is 322 g/mol. The van der Waals surface area contributed by atoms with Crippen molar-refractivity contribution in [2.45, 2.75) is 44.4 Å². The Labute approximate surface area is 146 Å². The molecular formula is C19H21NO5. The second-order valence-corrected chi connectivity index (χ2v) is 7.24. The largest absolute Gasteiger partial charge is 0.467 e. The number of hydrogen-bond donors (Lipinski definition) is 0. The van der Waals surface area contributed by atoms with Crippen LogP contribution in [0.5, 0.6) is 0 Å². The molecule has 5 atom stereocenters. The lowest BCUT2D eigenvalue weighted by atomic mass is 9.69. The minimum atomic E-state index is -0.936. The van der Waals surface area contributed by atoms with Crippen LogP contribution in [-0.4, -0.2) is 48.0 Å². The molecule has 0 aliphatic carbocycles. The summed E-state index contributed by atoms with van der Waals surface area (Å²) in [7, 11) is 1.28. The van der Waals surface area contributed by atoms with E-state index in [0.29, 0.717) is 0 Å². The molecule has 0 N–H and O–H groups in total. The predicted molar refractivity (Wildman–Crippen MR) is 87.3 cm³/mol. The van der Waals surface area contributed by atoms with Crippen LogP contribution in [0.4, 0.5) is 0 Å². The molecule has 3 heterocycles. The van der Waals surface area contributed by atoms with Crippen LogP contribution in [0.25, 0.3) is 0 Å². The monoisotopic (exact) mass is 343 g/mol. The summed E-state index contributed by atoms with van der Waals surface area (Å²) in [6.07, 6.45) is 1.38. The molecule has 0 spiro atoms. The lowest BCUT2D eigenvalue weighted by Gasteiger charge is -2.29. The van der Waals surface area contributed by atoms with Crippen molar-refractivity contribution in [2.75, 3.05) is 7.11 Å². The van der Waals surface area contributed by atoms with Gasteiger partial charge in [0, 0.05) is 6.42 Å². The summed E-state index contributed by atoms with van der Waals surface area (Å²) in [5.74, 6) is -1.66. The Morgan fingerprint density at radius 3 is 2.68 bits per heavy atom. The number of imide groups is 1. The first-order valence-electron chi connectivity index (χ1n) is 8.63. The van der Waals surface area contributed by atoms with E-state index in [1.807, 2.05) is 30.3 Å². The van der Waals surface area contributed by atoms with E-state index in [9.17, 15) is 14.4 Å². The summed E-state index contributed by atoms with van der Waals surface area (Å²) in [4.78, 5) is 39.8. The molecule has 3 fully saturated rings. The number of fused-ring (bicyclic) bond motifs is 5. The normalized spacial score (nSPS) is 34.3. The highest BCUT2D eigenvalue weighted by Gasteiger charge is 2.71. The van der Waals surface area contributed by atoms with E-state index >= 15 is 0 Å². The van der Waals surface area contributed by atoms with Gasteiger partial charge in [0.05, 0.1) is 30.7 Å². The standard InChI is InChI=1S/C19H21NO5/c1-19-14-9-8-13(25-14)15(19)16(21)20(18(19)23)12(17(22)24-2)10-11-6-4-3-5-7-11/h3-7,12-15H,8-10H2,1-2H3. The maximum absolute atomic E-state index is 13.2. The van der Waals surface area contributed by atoms with E-state index in [1.165, 1.54) is 7.11 Å². The number of methoxy groups -OCH3 is 1. The average molecular weight is 343 g/mol. The molecule has 1 aromatic rings. The molecule has 6 nitrogen and oxygen atoms in total. The van der Waals surface area contributed by atoms with Crippen LogP contribution in [0.15, 0.2) is 30.3 Å². The van der Waals surface area contributed by atoms with Gasteiger partial charge in [0.1, 0.15) is 6.04 Å². The number of ether oxygens (including phenoxy) is 2. The molecule has 0 aromatic heterocycles. The van der Waals surface area contributed by atoms with Crippen LogP contribution in [0.1, 0.15) is 25.3 Å². The summed E-state index contributed by atoms with van der Waals surface area (Å²) in [6, 6.07) is 8.41. The summed E-state index contributed by atoms with van der Waals surface area (Å²) < 4.78 is 10.7. The fourth-order valence-electron chi connectivity index (χ4n) is 4.68. The number of benzene rings is 1. The molecule has 2 amide bonds. The molecule has 1 aromatic carbocycles. The second kappa shape index (κ2) is 5.66. The van der Waals surface area contributed by atoms with Gasteiger partial charge >= 0.3 is 5.97 Å². The van der Waals surface area contributed by atoms with Gasteiger partial charge in [-0.1, -0.05) is 30.3 Å². The van der Waals surface area contributed by atoms with Crippen molar-refractivity contribution in [3.63, 3.8) is 0 Å². The summed E-state index contributed by atoms with van der Waals surface area (Å²) in [5.41, 5.74) is 0.0168. The summed E-state index contributed by atoms with van der Waals surface area (Å²) in [6.45, 7) is 1.80. The number of hydrogen-bond acceptors (Lipinski definition) is 5. The van der Waals surface area contributed by atoms with Gasteiger partial charge in [-0.2, -0.15) is 0 Å². The molecule has 3 saturated heterocycles. The molecule has 25 heavy (non-hydrogen) atoms. The maximum atomic E-state index is 13.2. The Morgan fingerprint density at radius 2 is 2.04 bits per heavy atom. The number of carbonyl (C=O) groups is 3. The van der Waals surface area contributed by atoms with Crippen LogP contribution in [-0.2, 0) is 30.3 Å². The topological polar surface area (TPSA) is 72.9 Å². The third-order valence-corrected chi connectivity index (χ3v) is 5.98. The van der Waals surface area contributed by atoms with Gasteiger partial charge in [-0.05, 0) is 25.3 Å². The van der Waals surface area contributed by atoms with Crippen LogP contribution < -0.4 is 0 Å². The Morgan fingerprint density at radius 1 is 1.32 bits per heavy atom. The number of carbonyl (C=O) groups excluding carboxylic acids is 3. The van der Waals surface area contributed by atoms with Gasteiger partial charge in [-0.15, -0.1) is 0 Å². The van der Waals surface area contributed by atoms with Crippen LogP contribution >= 0.6 is 0 Å². The first-order chi connectivity index (χ1) is 12.0. The number of rotatable bonds is 4. The molecule has 2 bridgehead atoms. The number of likely N-dealkylation sites (tertiary alicyclic amines) is 1. The van der Waals surface area contributed by atoms with Gasteiger partial charge in [0.15, 0.2) is 0 Å². The van der Waals surface area contributed by atoms with Gasteiger partial charge in [0.25, 0.3) is 0 Å². The van der Waals surface area contributed by atoms with Crippen molar-refractivity contribution in [1.29, 1.82) is 0 Å². The predicted octanol–water partition coefficient (Wildman–Crippen LogP) is 1.32. The fourth-order valence-corrected chi connectivity index (χ4v) is 4.68. The first-order valence-corrected chi connectivity index (χ1v) is 8.63. The first kappa shape index (κ1) is 16.3. The van der Waals surface area contributed by atoms with Gasteiger partial charge < -0.3 is 9.47 Å². The molecule has 132 valence electrons. The van der Waals surface area contributed by atoms with Crippen molar-refractivity contribution in [2.24, 2.45) is 11.3 Å². The molecule has 3 aliphatic heterocycles. The smallest absolute Gasteiger partial charge is 0.329 e. The minimum absolute atomic E-state index is 0.216. The minimum Gasteiger partial charge on any atom is -0.467 e. The van der Waals surface area contributed by atoms with Gasteiger partial charge in [-0.3, -0.25) is 14.5 Å². The molecule has 4 rings (SSSR count). The Balaban J connectivity index is 1.69. The van der Waals surface area contributed by atoms with Gasteiger partial charge in [0.2, 0.25) is 11.8 Å². The Hall–Kier alpha value is -2.21. The SMILES string of the molecule is COC(=O)C(Cc1ccccc1)N1C(=O)C2C3CCC(O3)C2(C)C1=O. The van der Waals surface area contributed by atoms with E-state index in [4.69, 9.17) is 9.47 Å². The zero-order valence-electron chi connectivity index (χ0n) is 14.3. The number of amides is 2. The van der Waals surface area contributed by atoms with E-state index in [1.54, 1.807) is 6.92 Å². The van der Waals surface area contributed by atoms with Gasteiger partial charge in [-0.25, -0.2) is 4.79 Å². The summed E-state index contributed by atoms with van der Waals surface area (Å²) in [5, 5.41) is 0. The van der Waals surface area contributed by atoms with E-state index < -0.39 is 23.3 Å². The third kappa shape index (κ3) is 2.16. The van der Waals surface area contributed by atoms with Crippen molar-refractivity contribution in [3.05, 3.63) is 35.9 Å². The van der Waals surface area contributed by atoms with E-state index in [-0.39, 0.29) is 30.4 Å². The zero-order chi connectivity index (χ0) is 17.8. The maximum Gasteiger partial charge on any atom is 0.329 e. The van der Waals surface area contributed by atoms with Crippen molar-refractivity contribution in [1.82, 2.24) is 4.90 Å². The van der Waals surface area contributed by atoms with Crippen molar-refractivity contribution >= 4 is 17.8 Å². The number of nitrogens with zero attached hydrogens (tertiary/aromatic N) is 1. The second-order valence-electron chi connectivity index (χ2n) is 7.24. The van der Waals surface area contributed by atoms with Crippen LogP contribution in [0.3, 0.4) is 0 Å². The quantitative estimate of drug-likeness (QED) is 0.609. The fraction of sp³-hybridized carbons (Fsp3) is 0.526. The highest BCUT2D eigenvalue weighted by atomic mass is 16.5. The molecule has 0 saturated carbocycles. The third-order valence-electron chi connectivity index (χ3n) is 5.98. The molecule has 5 unspecified atom stereocenters. The van der Waals surface area contributed by atoms with Crippen LogP contribution in [0.2, 0.25) is 0 Å². The highest BCUT2D eigenvalue weighted by Crippen LogP contribution is 2.57. The zero-order valence-corrected chi connectivity index (χ0v) is 14.3. The molecule has 0 radical (unpaired) electrons. The van der Waals surface area contributed by atoms with E-state index in [0.717, 1.165) is 23.3 Å². The average Bonchev–Trinajstić information content (AvgIpc) is 3.26. The van der Waals surface area contributed by atoms with E-state index in [2.05, 4.69) is 0 Å². The van der Waals surface area contributed by atoms with Crippen molar-refractivity contribution in [3.8, 4) is 0 Å². The van der Waals surface area contributed by atoms with Crippen molar-refractivity contribution < 1.29 is 23.9 Å². The lowest BCUT2D eigenvalue weighted by molar-refractivity contribution is -0.159. The Kier molecular flexibility index (Phi) is 3.68.